The summed E-state index contributed by atoms with van der Waals surface area (Å²) in [5.41, 5.74) is 4.52. The molecule has 0 amide bonds. The van der Waals surface area contributed by atoms with Crippen molar-refractivity contribution in [1.29, 1.82) is 0 Å². The molecule has 0 aromatic heterocycles. The third-order valence-corrected chi connectivity index (χ3v) is 4.19. The van der Waals surface area contributed by atoms with Gasteiger partial charge in [0.25, 0.3) is 0 Å². The molecule has 0 saturated heterocycles. The summed E-state index contributed by atoms with van der Waals surface area (Å²) in [5.74, 6) is -0.194. The fraction of sp³-hybridized carbons (Fsp3) is 0.286. The van der Waals surface area contributed by atoms with Crippen molar-refractivity contribution in [2.75, 3.05) is 20.6 Å². The summed E-state index contributed by atoms with van der Waals surface area (Å²) in [4.78, 5) is 12.5. The number of carboxylic acid groups (broad SMARTS) is 1. The third-order valence-electron chi connectivity index (χ3n) is 4.19. The maximum atomic E-state index is 11.1. The lowest BCUT2D eigenvalue weighted by molar-refractivity contribution is -0.136. The molecule has 1 heterocycles. The zero-order valence-electron chi connectivity index (χ0n) is 17.2. The van der Waals surface area contributed by atoms with E-state index in [4.69, 9.17) is 14.0 Å². The normalized spacial score (nSPS) is 16.9. The molecule has 130 valence electrons. The van der Waals surface area contributed by atoms with Gasteiger partial charge in [-0.2, -0.15) is 0 Å². The molecule has 0 saturated carbocycles. The van der Waals surface area contributed by atoms with Crippen LogP contribution in [0.15, 0.2) is 48.5 Å². The average molecular weight is 341 g/mol. The van der Waals surface area contributed by atoms with E-state index in [1.807, 2.05) is 42.5 Å². The minimum atomic E-state index is -2.13. The van der Waals surface area contributed by atoms with E-state index < -0.39 is 12.9 Å². The molecule has 4 heteroatoms. The van der Waals surface area contributed by atoms with Gasteiger partial charge in [-0.05, 0) is 54.8 Å². The molecule has 0 unspecified atom stereocenters. The first-order valence-electron chi connectivity index (χ1n) is 9.73. The Bertz CT molecular complexity index is 906. The number of ether oxygens (including phenoxy) is 1. The Balaban J connectivity index is 2.01. The summed E-state index contributed by atoms with van der Waals surface area (Å²) in [6.45, 7) is -1.32. The van der Waals surface area contributed by atoms with Gasteiger partial charge in [-0.25, -0.2) is 0 Å². The highest BCUT2D eigenvalue weighted by atomic mass is 16.5. The number of benzene rings is 2. The van der Waals surface area contributed by atoms with Crippen LogP contribution in [0.4, 0.5) is 0 Å². The van der Waals surface area contributed by atoms with Crippen molar-refractivity contribution >= 4 is 11.5 Å². The lowest BCUT2D eigenvalue weighted by Gasteiger charge is -2.13. The minimum Gasteiger partial charge on any atom is -0.488 e. The third kappa shape index (κ3) is 4.09. The van der Waals surface area contributed by atoms with Gasteiger partial charge < -0.3 is 14.7 Å². The molecule has 1 N–H and O–H groups in total. The van der Waals surface area contributed by atoms with Gasteiger partial charge >= 0.3 is 5.97 Å². The number of hydrogen-bond acceptors (Lipinski definition) is 3. The minimum absolute atomic E-state index is 0.0655. The van der Waals surface area contributed by atoms with Gasteiger partial charge in [0.05, 0.1) is 6.42 Å². The summed E-state index contributed by atoms with van der Waals surface area (Å²) in [6, 6.07) is 13.3. The highest BCUT2D eigenvalue weighted by Gasteiger charge is 2.19. The predicted molar refractivity (Wildman–Crippen MR) is 98.8 cm³/mol. The first-order valence-corrected chi connectivity index (χ1v) is 8.23. The van der Waals surface area contributed by atoms with Crippen LogP contribution in [0.25, 0.3) is 5.57 Å². The summed E-state index contributed by atoms with van der Waals surface area (Å²) < 4.78 is 28.4. The van der Waals surface area contributed by atoms with Crippen LogP contribution in [0.3, 0.4) is 0 Å². The molecule has 0 radical (unpaired) electrons. The van der Waals surface area contributed by atoms with Crippen LogP contribution in [0.2, 0.25) is 0 Å². The van der Waals surface area contributed by atoms with Gasteiger partial charge in [-0.1, -0.05) is 36.4 Å². The first-order chi connectivity index (χ1) is 13.3. The van der Waals surface area contributed by atoms with Crippen molar-refractivity contribution in [2.45, 2.75) is 19.4 Å². The van der Waals surface area contributed by atoms with Crippen molar-refractivity contribution < 1.29 is 18.8 Å². The molecular formula is C21H23NO3. The Hall–Kier alpha value is -2.59. The second-order valence-electron chi connectivity index (χ2n) is 6.17. The van der Waals surface area contributed by atoms with Crippen molar-refractivity contribution in [3.05, 3.63) is 70.8 Å². The number of rotatable bonds is 5. The van der Waals surface area contributed by atoms with E-state index in [0.717, 1.165) is 22.3 Å². The molecule has 2 aromatic carbocycles. The molecule has 1 aliphatic rings. The Morgan fingerprint density at radius 2 is 2.16 bits per heavy atom. The molecule has 1 aliphatic heterocycles. The van der Waals surface area contributed by atoms with Crippen LogP contribution < -0.4 is 4.74 Å². The van der Waals surface area contributed by atoms with Gasteiger partial charge in [0.1, 0.15) is 12.4 Å². The molecular weight excluding hydrogens is 315 g/mol. The Kier molecular flexibility index (Phi) is 4.12. The van der Waals surface area contributed by atoms with Gasteiger partial charge in [0.15, 0.2) is 0 Å². The molecule has 0 bridgehead atoms. The average Bonchev–Trinajstić information content (AvgIpc) is 2.78. The van der Waals surface area contributed by atoms with E-state index in [1.165, 1.54) is 4.90 Å². The fourth-order valence-corrected chi connectivity index (χ4v) is 3.03. The van der Waals surface area contributed by atoms with Crippen LogP contribution in [-0.4, -0.2) is 36.5 Å². The van der Waals surface area contributed by atoms with Gasteiger partial charge in [-0.15, -0.1) is 0 Å². The topological polar surface area (TPSA) is 49.8 Å². The lowest BCUT2D eigenvalue weighted by Crippen LogP contribution is -2.12. The summed E-state index contributed by atoms with van der Waals surface area (Å²) in [5, 5.41) is 9.12. The smallest absolute Gasteiger partial charge is 0.307 e. The van der Waals surface area contributed by atoms with Crippen LogP contribution >= 0.6 is 0 Å². The van der Waals surface area contributed by atoms with Gasteiger partial charge in [-0.3, -0.25) is 4.79 Å². The monoisotopic (exact) mass is 341 g/mol. The highest BCUT2D eigenvalue weighted by Crippen LogP contribution is 2.37. The number of aliphatic carboxylic acids is 1. The Morgan fingerprint density at radius 1 is 1.32 bits per heavy atom. The molecule has 2 aromatic rings. The zero-order valence-corrected chi connectivity index (χ0v) is 14.2. The van der Waals surface area contributed by atoms with E-state index in [-0.39, 0.29) is 6.42 Å². The summed E-state index contributed by atoms with van der Waals surface area (Å²) in [7, 11) is 1.58. The Labute approximate surface area is 152 Å². The van der Waals surface area contributed by atoms with Crippen molar-refractivity contribution in [2.24, 2.45) is 0 Å². The number of carboxylic acids is 1. The van der Waals surface area contributed by atoms with Crippen LogP contribution in [0, 0.1) is 0 Å². The summed E-state index contributed by atoms with van der Waals surface area (Å²) in [6.07, 6.45) is 2.49. The number of fused-ring (bicyclic) bond motifs is 2. The SMILES string of the molecule is [2H][13C]([2H])([2H])N(C)CCC=C1c2ccccc2COc2ccc(CC(=O)O)cc21. The second-order valence-corrected chi connectivity index (χ2v) is 6.17. The fourth-order valence-electron chi connectivity index (χ4n) is 3.03. The molecule has 0 spiro atoms. The molecule has 0 fully saturated rings. The molecule has 25 heavy (non-hydrogen) atoms. The van der Waals surface area contributed by atoms with Crippen LogP contribution in [-0.2, 0) is 17.8 Å². The van der Waals surface area contributed by atoms with Gasteiger partial charge in [0.2, 0.25) is 0 Å². The maximum absolute atomic E-state index is 11.1. The van der Waals surface area contributed by atoms with E-state index >= 15 is 0 Å². The molecule has 0 atom stereocenters. The molecule has 0 aliphatic carbocycles. The standard InChI is InChI=1S/C21H23NO3/c1-22(2)11-5-8-18-17-7-4-3-6-16(17)14-25-20-10-9-15(12-19(18)20)13-21(23)24/h3-4,6-10,12H,5,11,13-14H2,1-2H3,(H,23,24)/i1+1D3. The number of carbonyl (C=O) groups is 1. The van der Waals surface area contributed by atoms with Crippen molar-refractivity contribution in [1.82, 2.24) is 4.90 Å². The van der Waals surface area contributed by atoms with Gasteiger partial charge in [0, 0.05) is 16.2 Å². The second kappa shape index (κ2) is 7.53. The van der Waals surface area contributed by atoms with Crippen molar-refractivity contribution in [3.63, 3.8) is 0 Å². The Morgan fingerprint density at radius 3 is 2.96 bits per heavy atom. The lowest BCUT2D eigenvalue weighted by atomic mass is 9.92. The maximum Gasteiger partial charge on any atom is 0.307 e. The molecule has 4 nitrogen and oxygen atoms in total. The van der Waals surface area contributed by atoms with Crippen LogP contribution in [0.5, 0.6) is 5.75 Å². The number of nitrogens with zero attached hydrogens (tertiary/aromatic N) is 1. The first kappa shape index (κ1) is 13.7. The zero-order chi connectivity index (χ0) is 20.3. The van der Waals surface area contributed by atoms with E-state index in [9.17, 15) is 4.79 Å². The largest absolute Gasteiger partial charge is 0.488 e. The number of hydrogen-bond donors (Lipinski definition) is 1. The van der Waals surface area contributed by atoms with Crippen molar-refractivity contribution in [3.8, 4) is 5.75 Å². The van der Waals surface area contributed by atoms with E-state index in [2.05, 4.69) is 0 Å². The van der Waals surface area contributed by atoms with E-state index in [1.54, 1.807) is 13.1 Å². The summed E-state index contributed by atoms with van der Waals surface area (Å²) >= 11 is 0. The molecule has 3 rings (SSSR count). The van der Waals surface area contributed by atoms with Crippen LogP contribution in [0.1, 0.15) is 32.8 Å². The highest BCUT2D eigenvalue weighted by molar-refractivity contribution is 5.85. The quantitative estimate of drug-likeness (QED) is 0.845. The van der Waals surface area contributed by atoms with E-state index in [0.29, 0.717) is 30.9 Å². The predicted octanol–water partition coefficient (Wildman–Crippen LogP) is 3.59.